The molecule has 4 aliphatic carbocycles. The van der Waals surface area contributed by atoms with E-state index in [-0.39, 0.29) is 63.3 Å². The number of rotatable bonds is 2. The van der Waals surface area contributed by atoms with Crippen LogP contribution in [0.15, 0.2) is 89.1 Å². The molecule has 326 valence electrons. The van der Waals surface area contributed by atoms with Gasteiger partial charge < -0.3 is 9.64 Å². The summed E-state index contributed by atoms with van der Waals surface area (Å²) in [4.78, 5) is 5.65. The van der Waals surface area contributed by atoms with E-state index >= 15 is 0 Å². The number of fused-ring (bicyclic) bond motifs is 8. The first-order valence-corrected chi connectivity index (χ1v) is 24.3. The van der Waals surface area contributed by atoms with Crippen LogP contribution in [0.2, 0.25) is 0 Å². The van der Waals surface area contributed by atoms with Gasteiger partial charge >= 0.3 is 0 Å². The Bertz CT molecular complexity index is 2540. The number of benzene rings is 3. The Morgan fingerprint density at radius 1 is 0.694 bits per heavy atom. The van der Waals surface area contributed by atoms with E-state index in [0.717, 1.165) is 18.6 Å². The second kappa shape index (κ2) is 13.4. The van der Waals surface area contributed by atoms with Crippen molar-refractivity contribution in [3.05, 3.63) is 128 Å². The van der Waals surface area contributed by atoms with Gasteiger partial charge in [0, 0.05) is 35.0 Å². The second-order valence-electron chi connectivity index (χ2n) is 25.6. The summed E-state index contributed by atoms with van der Waals surface area (Å²) in [5.74, 6) is 1.23. The van der Waals surface area contributed by atoms with Gasteiger partial charge in [-0.1, -0.05) is 150 Å². The minimum absolute atomic E-state index is 0.0294. The van der Waals surface area contributed by atoms with Crippen molar-refractivity contribution < 1.29 is 4.74 Å². The van der Waals surface area contributed by atoms with E-state index in [9.17, 15) is 0 Å². The third kappa shape index (κ3) is 6.29. The number of hydrogen-bond donors (Lipinski definition) is 0. The topological polar surface area (TPSA) is 15.7 Å². The number of aryl methyl sites for hydroxylation is 1. The number of anilines is 2. The standard InChI is InChI=1S/C58H75BN2O/c1-34-27-47-51-48(28-34)61(45-32-42-40(29-35(45)2)55(9,10)23-25-57(42,13)14)46-33-43-41(56(11,12)24-26-58(43,15)16)31-44(46)59(51)50-39-30-37(54(6,7)8)19-22-49(39)62-52(50)60(47)38-20-17-36(18-21-38)53(3,4)5/h17-20,22,28-33,38,47,50,52H,21,23-27H2,1-16H3. The zero-order valence-electron chi connectivity index (χ0n) is 41.3. The molecule has 3 nitrogen and oxygen atoms in total. The molecule has 3 aromatic carbocycles. The Morgan fingerprint density at radius 3 is 1.84 bits per heavy atom. The molecule has 3 aromatic rings. The molecule has 0 bridgehead atoms. The van der Waals surface area contributed by atoms with E-state index in [1.165, 1.54) is 92.7 Å². The van der Waals surface area contributed by atoms with Crippen molar-refractivity contribution in [3.8, 4) is 5.75 Å². The third-order valence-electron chi connectivity index (χ3n) is 17.2. The SMILES string of the molecule is CC1=CC2=C3B(c4cc5c(cc4N2c2cc4c(cc2C)C(C)(C)CCC4(C)C)C(C)(C)CCC5(C)C)C2c4cc(C(C)(C)C)ccc4OC2N(C2C=CC(C(C)(C)C)=CC2)C3C1. The summed E-state index contributed by atoms with van der Waals surface area (Å²) < 4.78 is 7.47. The molecule has 0 spiro atoms. The lowest BCUT2D eigenvalue weighted by molar-refractivity contribution is -0.00989. The molecule has 3 aliphatic heterocycles. The smallest absolute Gasteiger partial charge is 0.225 e. The van der Waals surface area contributed by atoms with Crippen LogP contribution in [0.4, 0.5) is 11.4 Å². The quantitative estimate of drug-likeness (QED) is 0.239. The molecule has 62 heavy (non-hydrogen) atoms. The van der Waals surface area contributed by atoms with Crippen LogP contribution in [0.1, 0.15) is 187 Å². The predicted octanol–water partition coefficient (Wildman–Crippen LogP) is 14.0. The van der Waals surface area contributed by atoms with Crippen LogP contribution >= 0.6 is 0 Å². The van der Waals surface area contributed by atoms with E-state index in [0.29, 0.717) is 0 Å². The van der Waals surface area contributed by atoms with Crippen LogP contribution in [-0.2, 0) is 27.1 Å². The monoisotopic (exact) mass is 827 g/mol. The molecule has 0 amide bonds. The molecule has 7 aliphatic rings. The van der Waals surface area contributed by atoms with Crippen LogP contribution in [0.5, 0.6) is 5.75 Å². The normalized spacial score (nSPS) is 27.5. The lowest BCUT2D eigenvalue weighted by Crippen LogP contribution is -2.67. The maximum Gasteiger partial charge on any atom is 0.225 e. The van der Waals surface area contributed by atoms with E-state index in [2.05, 4.69) is 187 Å². The molecule has 10 rings (SSSR count). The Labute approximate surface area is 376 Å². The molecule has 3 heterocycles. The zero-order valence-corrected chi connectivity index (χ0v) is 41.3. The first-order valence-electron chi connectivity index (χ1n) is 24.3. The Kier molecular flexibility index (Phi) is 9.12. The molecule has 4 unspecified atom stereocenters. The molecule has 1 saturated heterocycles. The zero-order chi connectivity index (χ0) is 44.4. The van der Waals surface area contributed by atoms with Gasteiger partial charge in [0.1, 0.15) is 5.75 Å². The van der Waals surface area contributed by atoms with Gasteiger partial charge in [-0.2, -0.15) is 0 Å². The van der Waals surface area contributed by atoms with Gasteiger partial charge in [-0.25, -0.2) is 0 Å². The summed E-state index contributed by atoms with van der Waals surface area (Å²) in [5.41, 5.74) is 21.1. The van der Waals surface area contributed by atoms with E-state index in [4.69, 9.17) is 4.74 Å². The second-order valence-corrected chi connectivity index (χ2v) is 25.6. The van der Waals surface area contributed by atoms with Crippen molar-refractivity contribution in [2.45, 2.75) is 201 Å². The number of ether oxygens (including phenoxy) is 1. The van der Waals surface area contributed by atoms with Gasteiger partial charge in [0.25, 0.3) is 0 Å². The maximum absolute atomic E-state index is 7.47. The third-order valence-corrected chi connectivity index (χ3v) is 17.2. The Morgan fingerprint density at radius 2 is 1.27 bits per heavy atom. The first kappa shape index (κ1) is 42.2. The molecular weight excluding hydrogens is 751 g/mol. The summed E-state index contributed by atoms with van der Waals surface area (Å²) in [6.07, 6.45) is 16.9. The highest BCUT2D eigenvalue weighted by Gasteiger charge is 2.60. The van der Waals surface area contributed by atoms with Crippen molar-refractivity contribution in [2.75, 3.05) is 4.90 Å². The molecule has 4 atom stereocenters. The highest BCUT2D eigenvalue weighted by Crippen LogP contribution is 2.58. The molecule has 4 heteroatoms. The number of nitrogens with zero attached hydrogens (tertiary/aromatic N) is 2. The molecule has 1 fully saturated rings. The first-order chi connectivity index (χ1) is 28.8. The largest absolute Gasteiger partial charge is 0.475 e. The maximum atomic E-state index is 7.47. The Hall–Kier alpha value is -3.76. The van der Waals surface area contributed by atoms with Crippen LogP contribution in [-0.4, -0.2) is 29.9 Å². The van der Waals surface area contributed by atoms with Gasteiger partial charge in [-0.05, 0) is 159 Å². The summed E-state index contributed by atoms with van der Waals surface area (Å²) >= 11 is 0. The average molecular weight is 827 g/mol. The highest BCUT2D eigenvalue weighted by molar-refractivity contribution is 6.83. The van der Waals surface area contributed by atoms with Crippen LogP contribution < -0.4 is 15.1 Å². The van der Waals surface area contributed by atoms with Gasteiger partial charge in [0.15, 0.2) is 6.23 Å². The van der Waals surface area contributed by atoms with Crippen LogP contribution in [0.25, 0.3) is 0 Å². The fourth-order valence-electron chi connectivity index (χ4n) is 13.1. The summed E-state index contributed by atoms with van der Waals surface area (Å²) in [7, 11) is 0. The number of allylic oxidation sites excluding steroid dienone is 3. The van der Waals surface area contributed by atoms with Gasteiger partial charge in [0.05, 0.1) is 0 Å². The fraction of sp³-hybridized carbons (Fsp3) is 0.552. The van der Waals surface area contributed by atoms with Gasteiger partial charge in [-0.15, -0.1) is 0 Å². The molecule has 0 aromatic heterocycles. The van der Waals surface area contributed by atoms with Crippen LogP contribution in [0, 0.1) is 12.3 Å². The van der Waals surface area contributed by atoms with Crippen LogP contribution in [0.3, 0.4) is 0 Å². The van der Waals surface area contributed by atoms with E-state index < -0.39 is 0 Å². The lowest BCUT2D eigenvalue weighted by atomic mass is 9.27. The summed E-state index contributed by atoms with van der Waals surface area (Å²) in [6, 6.07) is 18.3. The van der Waals surface area contributed by atoms with Crippen molar-refractivity contribution >= 4 is 23.6 Å². The van der Waals surface area contributed by atoms with Gasteiger partial charge in [0.2, 0.25) is 6.71 Å². The van der Waals surface area contributed by atoms with Crippen molar-refractivity contribution in [1.29, 1.82) is 0 Å². The molecule has 0 saturated carbocycles. The van der Waals surface area contributed by atoms with Gasteiger partial charge in [-0.3, -0.25) is 4.90 Å². The molecule has 0 radical (unpaired) electrons. The van der Waals surface area contributed by atoms with Crippen molar-refractivity contribution in [3.63, 3.8) is 0 Å². The fourth-order valence-corrected chi connectivity index (χ4v) is 13.1. The minimum atomic E-state index is -0.0706. The predicted molar refractivity (Wildman–Crippen MR) is 264 cm³/mol. The minimum Gasteiger partial charge on any atom is -0.475 e. The summed E-state index contributed by atoms with van der Waals surface area (Å²) in [6.45, 7) is 39.1. The van der Waals surface area contributed by atoms with E-state index in [1.807, 2.05) is 0 Å². The van der Waals surface area contributed by atoms with Crippen molar-refractivity contribution in [1.82, 2.24) is 4.90 Å². The highest BCUT2D eigenvalue weighted by atomic mass is 16.5. The van der Waals surface area contributed by atoms with E-state index in [1.54, 1.807) is 11.0 Å². The molecular formula is C58H75BN2O. The number of hydrogen-bond acceptors (Lipinski definition) is 3. The summed E-state index contributed by atoms with van der Waals surface area (Å²) in [5, 5.41) is 0. The average Bonchev–Trinajstić information content (AvgIpc) is 3.56. The van der Waals surface area contributed by atoms with Crippen molar-refractivity contribution in [2.24, 2.45) is 5.41 Å². The Balaban J connectivity index is 1.29. The molecule has 0 N–H and O–H groups in total. The lowest BCUT2D eigenvalue weighted by Gasteiger charge is -2.55.